The first-order valence-corrected chi connectivity index (χ1v) is 19.8. The summed E-state index contributed by atoms with van der Waals surface area (Å²) in [5.74, 6) is 0.0552. The van der Waals surface area contributed by atoms with Crippen molar-refractivity contribution in [3.05, 3.63) is 77.7 Å². The van der Waals surface area contributed by atoms with Gasteiger partial charge in [-0.05, 0) is 68.4 Å². The summed E-state index contributed by atoms with van der Waals surface area (Å²) < 4.78 is 17.2. The number of aromatic nitrogens is 3. The van der Waals surface area contributed by atoms with E-state index in [1.54, 1.807) is 36.8 Å². The predicted molar refractivity (Wildman–Crippen MR) is 212 cm³/mol. The van der Waals surface area contributed by atoms with Gasteiger partial charge in [0.2, 0.25) is 11.8 Å². The van der Waals surface area contributed by atoms with E-state index >= 15 is 0 Å². The molecular weight excluding hydrogens is 747 g/mol. The number of pyridine rings is 3. The third kappa shape index (κ3) is 9.18. The number of piperidine rings is 1. The number of nitrogens with zero attached hydrogens (tertiary/aromatic N) is 4. The lowest BCUT2D eigenvalue weighted by Crippen LogP contribution is -2.53. The van der Waals surface area contributed by atoms with Crippen LogP contribution in [0.15, 0.2) is 61.1 Å². The van der Waals surface area contributed by atoms with Gasteiger partial charge >= 0.3 is 0 Å². The first-order chi connectivity index (χ1) is 28.3. The van der Waals surface area contributed by atoms with Gasteiger partial charge in [0.25, 0.3) is 11.8 Å². The van der Waals surface area contributed by atoms with Gasteiger partial charge < -0.3 is 40.6 Å². The zero-order chi connectivity index (χ0) is 40.0. The van der Waals surface area contributed by atoms with Crippen molar-refractivity contribution in [2.24, 2.45) is 5.92 Å². The van der Waals surface area contributed by atoms with Gasteiger partial charge in [-0.25, -0.2) is 9.97 Å². The fourth-order valence-electron chi connectivity index (χ4n) is 7.47. The summed E-state index contributed by atoms with van der Waals surface area (Å²) >= 11 is 0. The van der Waals surface area contributed by atoms with Crippen LogP contribution in [-0.4, -0.2) is 113 Å². The molecule has 0 spiro atoms. The van der Waals surface area contributed by atoms with E-state index in [0.717, 1.165) is 47.2 Å². The maximum absolute atomic E-state index is 13.3. The second-order valence-corrected chi connectivity index (χ2v) is 15.0. The number of nitrogens with one attached hydrogen (secondary N) is 5. The van der Waals surface area contributed by atoms with E-state index in [1.807, 2.05) is 24.3 Å². The molecule has 4 amide bonds. The Morgan fingerprint density at radius 2 is 1.71 bits per heavy atom. The van der Waals surface area contributed by atoms with Gasteiger partial charge in [-0.1, -0.05) is 6.07 Å². The fraction of sp³-hybridized carbons (Fsp3) is 0.439. The molecule has 2 unspecified atom stereocenters. The molecule has 17 nitrogen and oxygen atoms in total. The molecule has 6 N–H and O–H groups in total. The van der Waals surface area contributed by atoms with Gasteiger partial charge in [-0.2, -0.15) is 0 Å². The first kappa shape index (κ1) is 39.1. The number of aliphatic hydroxyl groups is 1. The Kier molecular flexibility index (Phi) is 12.0. The molecule has 1 aromatic carbocycles. The molecule has 3 aromatic heterocycles. The van der Waals surface area contributed by atoms with E-state index in [4.69, 9.17) is 14.2 Å². The predicted octanol–water partition coefficient (Wildman–Crippen LogP) is 3.26. The number of amides is 4. The molecule has 2 aliphatic carbocycles. The van der Waals surface area contributed by atoms with Crippen LogP contribution in [0.4, 0.5) is 23.0 Å². The van der Waals surface area contributed by atoms with Crippen molar-refractivity contribution in [2.75, 3.05) is 62.1 Å². The second kappa shape index (κ2) is 17.8. The lowest BCUT2D eigenvalue weighted by atomic mass is 9.81. The van der Waals surface area contributed by atoms with E-state index < -0.39 is 24.1 Å². The Bertz CT molecular complexity index is 2160. The molecule has 0 radical (unpaired) electrons. The van der Waals surface area contributed by atoms with E-state index in [9.17, 15) is 24.3 Å². The molecule has 1 saturated heterocycles. The minimum absolute atomic E-state index is 0.0785. The van der Waals surface area contributed by atoms with Crippen LogP contribution in [0.2, 0.25) is 0 Å². The first-order valence-electron chi connectivity index (χ1n) is 19.8. The third-order valence-electron chi connectivity index (χ3n) is 10.7. The molecule has 17 heteroatoms. The van der Waals surface area contributed by atoms with Crippen molar-refractivity contribution in [3.8, 4) is 0 Å². The van der Waals surface area contributed by atoms with Crippen molar-refractivity contribution in [2.45, 2.75) is 62.9 Å². The Morgan fingerprint density at radius 1 is 0.897 bits per heavy atom. The van der Waals surface area contributed by atoms with Crippen molar-refractivity contribution in [3.63, 3.8) is 0 Å². The number of rotatable bonds is 19. The van der Waals surface area contributed by atoms with Gasteiger partial charge in [-0.15, -0.1) is 0 Å². The molecule has 4 aromatic rings. The fourth-order valence-corrected chi connectivity index (χ4v) is 7.47. The SMILES string of the molecule is O=C1CCC(N2C(=O)c3cccc(NCCOCCOCCOCC4CC(NC(=O)c5cnc(Nc6ccc7cnccc7n6)cc5NC5CC5)C4)c3C2O)C(=O)N1. The topological polar surface area (TPSA) is 218 Å². The molecular formula is C41H47N9O8. The Hall–Kier alpha value is -5.75. The maximum atomic E-state index is 13.3. The van der Waals surface area contributed by atoms with Crippen LogP contribution in [0.25, 0.3) is 10.9 Å². The van der Waals surface area contributed by atoms with Crippen LogP contribution < -0.4 is 26.6 Å². The molecule has 58 heavy (non-hydrogen) atoms. The molecule has 4 aliphatic rings. The standard InChI is InChI=1S/C41H47N9O8/c51-36-9-7-33(39(53)49-36)50-40(54)28-2-1-3-31(37(28)41(50)55)43-12-13-56-14-15-57-16-17-58-23-24-18-27(19-24)46-38(52)29-22-44-35(20-32(29)45-26-5-6-26)48-34-8-4-25-21-42-11-10-30(25)47-34/h1-4,8,10-11,20-22,24,26-27,33,41,43,55H,5-7,9,12-19,23H2,(H,46,52)(H,49,51,53)(H2,44,45,47,48). The minimum atomic E-state index is -1.31. The van der Waals surface area contributed by atoms with Gasteiger partial charge in [0.15, 0.2) is 6.23 Å². The highest BCUT2D eigenvalue weighted by atomic mass is 16.5. The van der Waals surface area contributed by atoms with Crippen molar-refractivity contribution < 1.29 is 38.5 Å². The van der Waals surface area contributed by atoms with Gasteiger partial charge in [0.05, 0.1) is 49.8 Å². The Morgan fingerprint density at radius 3 is 2.52 bits per heavy atom. The highest BCUT2D eigenvalue weighted by molar-refractivity contribution is 6.06. The van der Waals surface area contributed by atoms with Crippen molar-refractivity contribution in [1.82, 2.24) is 30.5 Å². The van der Waals surface area contributed by atoms with Gasteiger partial charge in [0, 0.05) is 78.5 Å². The number of aliphatic hydroxyl groups excluding tert-OH is 1. The molecule has 304 valence electrons. The van der Waals surface area contributed by atoms with Crippen molar-refractivity contribution in [1.29, 1.82) is 0 Å². The number of benzene rings is 1. The molecule has 2 atom stereocenters. The summed E-state index contributed by atoms with van der Waals surface area (Å²) in [7, 11) is 0. The normalized spacial score (nSPS) is 21.3. The largest absolute Gasteiger partial charge is 0.382 e. The van der Waals surface area contributed by atoms with E-state index in [2.05, 4.69) is 41.5 Å². The van der Waals surface area contributed by atoms with E-state index in [1.165, 1.54) is 0 Å². The zero-order valence-electron chi connectivity index (χ0n) is 31.9. The highest BCUT2D eigenvalue weighted by Gasteiger charge is 2.45. The van der Waals surface area contributed by atoms with Crippen LogP contribution in [0.5, 0.6) is 0 Å². The van der Waals surface area contributed by atoms with Crippen LogP contribution in [0.3, 0.4) is 0 Å². The molecule has 5 heterocycles. The number of hydrogen-bond acceptors (Lipinski definition) is 14. The number of imide groups is 1. The number of ether oxygens (including phenoxy) is 3. The van der Waals surface area contributed by atoms with Crippen LogP contribution in [-0.2, 0) is 23.8 Å². The van der Waals surface area contributed by atoms with Crippen molar-refractivity contribution >= 4 is 57.5 Å². The lowest BCUT2D eigenvalue weighted by molar-refractivity contribution is -0.139. The molecule has 2 saturated carbocycles. The number of fused-ring (bicyclic) bond motifs is 2. The Labute approximate surface area is 334 Å². The lowest BCUT2D eigenvalue weighted by Gasteiger charge is -2.35. The van der Waals surface area contributed by atoms with Crippen LogP contribution in [0, 0.1) is 5.92 Å². The monoisotopic (exact) mass is 793 g/mol. The summed E-state index contributed by atoms with van der Waals surface area (Å²) in [6, 6.07) is 12.2. The summed E-state index contributed by atoms with van der Waals surface area (Å²) in [5, 5.41) is 27.3. The van der Waals surface area contributed by atoms with Gasteiger partial charge in [0.1, 0.15) is 17.7 Å². The van der Waals surface area contributed by atoms with Crippen LogP contribution >= 0.6 is 0 Å². The molecule has 2 aliphatic heterocycles. The smallest absolute Gasteiger partial charge is 0.257 e. The maximum Gasteiger partial charge on any atom is 0.257 e. The zero-order valence-corrected chi connectivity index (χ0v) is 31.9. The average molecular weight is 794 g/mol. The Balaban J connectivity index is 0.685. The summed E-state index contributed by atoms with van der Waals surface area (Å²) in [6.07, 6.45) is 7.87. The summed E-state index contributed by atoms with van der Waals surface area (Å²) in [5.41, 5.74) is 3.39. The molecule has 0 bridgehead atoms. The average Bonchev–Trinajstić information content (AvgIpc) is 3.99. The summed E-state index contributed by atoms with van der Waals surface area (Å²) in [4.78, 5) is 64.8. The highest BCUT2D eigenvalue weighted by Crippen LogP contribution is 2.39. The van der Waals surface area contributed by atoms with Crippen LogP contribution in [0.1, 0.15) is 71.0 Å². The van der Waals surface area contributed by atoms with E-state index in [0.29, 0.717) is 92.2 Å². The number of carbonyl (C=O) groups is 4. The van der Waals surface area contributed by atoms with Gasteiger partial charge in [-0.3, -0.25) is 34.4 Å². The molecule has 3 fully saturated rings. The number of carbonyl (C=O) groups excluding carboxylic acids is 4. The quantitative estimate of drug-likeness (QED) is 0.0594. The second-order valence-electron chi connectivity index (χ2n) is 15.0. The summed E-state index contributed by atoms with van der Waals surface area (Å²) in [6.45, 7) is 3.06. The third-order valence-corrected chi connectivity index (χ3v) is 10.7. The minimum Gasteiger partial charge on any atom is -0.382 e. The number of anilines is 4. The number of hydrogen-bond donors (Lipinski definition) is 6. The van der Waals surface area contributed by atoms with E-state index in [-0.39, 0.29) is 30.7 Å². The molecule has 8 rings (SSSR count).